The van der Waals surface area contributed by atoms with E-state index in [1.807, 2.05) is 31.2 Å². The van der Waals surface area contributed by atoms with E-state index in [0.29, 0.717) is 22.8 Å². The minimum atomic E-state index is -3.70. The smallest absolute Gasteiger partial charge is 0.395 e. The number of H-pyrrole nitrogens is 1. The van der Waals surface area contributed by atoms with Gasteiger partial charge in [-0.3, -0.25) is 14.5 Å². The summed E-state index contributed by atoms with van der Waals surface area (Å²) in [7, 11) is 0. The van der Waals surface area contributed by atoms with Crippen molar-refractivity contribution in [3.63, 3.8) is 0 Å². The number of carbonyl (C=O) groups excluding carboxylic acids is 1. The molecule has 0 spiro atoms. The molecule has 3 aromatic rings. The average Bonchev–Trinajstić information content (AvgIpc) is 3.18. The number of alkyl halides is 2. The number of benzene rings is 2. The molecule has 2 N–H and O–H groups in total. The standard InChI is InChI=1S/C19H16F2N4O3S/c1-11-2-4-12(5-3-11)17-23-24-18(29)25(17)9-8-16(26)22-13-6-7-14-15(10-13)28-19(20,21)27-14/h2-7,10H,8-9H2,1H3,(H,22,26)(H,24,29). The summed E-state index contributed by atoms with van der Waals surface area (Å²) in [5, 5.41) is 9.64. The Morgan fingerprint density at radius 1 is 1.21 bits per heavy atom. The van der Waals surface area contributed by atoms with E-state index in [-0.39, 0.29) is 23.8 Å². The first-order chi connectivity index (χ1) is 13.8. The second-order valence-electron chi connectivity index (χ2n) is 6.50. The molecular formula is C19H16F2N4O3S. The lowest BCUT2D eigenvalue weighted by molar-refractivity contribution is -0.286. The lowest BCUT2D eigenvalue weighted by Crippen LogP contribution is -2.25. The molecule has 7 nitrogen and oxygen atoms in total. The number of anilines is 1. The zero-order valence-corrected chi connectivity index (χ0v) is 16.1. The summed E-state index contributed by atoms with van der Waals surface area (Å²) in [6.45, 7) is 2.29. The van der Waals surface area contributed by atoms with Crippen molar-refractivity contribution in [3.8, 4) is 22.9 Å². The summed E-state index contributed by atoms with van der Waals surface area (Å²) in [4.78, 5) is 12.3. The van der Waals surface area contributed by atoms with Crippen molar-refractivity contribution in [2.75, 3.05) is 5.32 Å². The van der Waals surface area contributed by atoms with Crippen molar-refractivity contribution >= 4 is 23.8 Å². The van der Waals surface area contributed by atoms with Crippen LogP contribution >= 0.6 is 12.2 Å². The second-order valence-corrected chi connectivity index (χ2v) is 6.88. The highest BCUT2D eigenvalue weighted by atomic mass is 32.1. The molecule has 0 saturated heterocycles. The van der Waals surface area contributed by atoms with Gasteiger partial charge in [0.25, 0.3) is 0 Å². The van der Waals surface area contributed by atoms with Crippen molar-refractivity contribution in [3.05, 3.63) is 52.8 Å². The predicted octanol–water partition coefficient (Wildman–Crippen LogP) is 4.27. The van der Waals surface area contributed by atoms with Crippen molar-refractivity contribution in [2.45, 2.75) is 26.2 Å². The molecule has 0 bridgehead atoms. The molecular weight excluding hydrogens is 402 g/mol. The first kappa shape index (κ1) is 19.1. The number of aromatic amines is 1. The summed E-state index contributed by atoms with van der Waals surface area (Å²) >= 11 is 5.27. The fourth-order valence-electron chi connectivity index (χ4n) is 2.91. The van der Waals surface area contributed by atoms with Gasteiger partial charge in [0.15, 0.2) is 22.1 Å². The molecule has 0 radical (unpaired) electrons. The third kappa shape index (κ3) is 4.11. The lowest BCUT2D eigenvalue weighted by atomic mass is 10.1. The molecule has 1 aliphatic heterocycles. The van der Waals surface area contributed by atoms with Crippen LogP contribution in [0.5, 0.6) is 11.5 Å². The van der Waals surface area contributed by atoms with E-state index in [0.717, 1.165) is 11.1 Å². The van der Waals surface area contributed by atoms with Crippen LogP contribution in [0.4, 0.5) is 14.5 Å². The van der Waals surface area contributed by atoms with E-state index >= 15 is 0 Å². The van der Waals surface area contributed by atoms with Gasteiger partial charge in [0, 0.05) is 30.3 Å². The molecule has 2 aromatic carbocycles. The molecule has 0 fully saturated rings. The van der Waals surface area contributed by atoms with Crippen LogP contribution in [0.25, 0.3) is 11.4 Å². The third-order valence-corrected chi connectivity index (χ3v) is 4.63. The number of hydrogen-bond acceptors (Lipinski definition) is 5. The van der Waals surface area contributed by atoms with Crippen molar-refractivity contribution < 1.29 is 23.0 Å². The molecule has 10 heteroatoms. The van der Waals surface area contributed by atoms with Gasteiger partial charge < -0.3 is 14.8 Å². The number of ether oxygens (including phenoxy) is 2. The van der Waals surface area contributed by atoms with E-state index in [2.05, 4.69) is 25.0 Å². The van der Waals surface area contributed by atoms with Crippen LogP contribution in [0.1, 0.15) is 12.0 Å². The maximum Gasteiger partial charge on any atom is 0.586 e. The molecule has 1 aromatic heterocycles. The number of nitrogens with zero attached hydrogens (tertiary/aromatic N) is 2. The highest BCUT2D eigenvalue weighted by Gasteiger charge is 2.43. The Hall–Kier alpha value is -3.27. The number of fused-ring (bicyclic) bond motifs is 1. The number of nitrogens with one attached hydrogen (secondary N) is 2. The van der Waals surface area contributed by atoms with E-state index in [4.69, 9.17) is 12.2 Å². The fraction of sp³-hybridized carbons (Fsp3) is 0.211. The van der Waals surface area contributed by atoms with Crippen LogP contribution in [-0.2, 0) is 11.3 Å². The first-order valence-electron chi connectivity index (χ1n) is 8.73. The Morgan fingerprint density at radius 3 is 2.69 bits per heavy atom. The molecule has 1 aliphatic rings. The summed E-state index contributed by atoms with van der Waals surface area (Å²) in [5.74, 6) is 0.105. The van der Waals surface area contributed by atoms with E-state index in [1.165, 1.54) is 18.2 Å². The van der Waals surface area contributed by atoms with Crippen LogP contribution < -0.4 is 14.8 Å². The number of hydrogen-bond donors (Lipinski definition) is 2. The zero-order valence-electron chi connectivity index (χ0n) is 15.2. The van der Waals surface area contributed by atoms with Gasteiger partial charge in [0.05, 0.1) is 0 Å². The monoisotopic (exact) mass is 418 g/mol. The maximum absolute atomic E-state index is 13.1. The van der Waals surface area contributed by atoms with Crippen LogP contribution in [0.15, 0.2) is 42.5 Å². The van der Waals surface area contributed by atoms with Gasteiger partial charge >= 0.3 is 6.29 Å². The molecule has 0 saturated carbocycles. The topological polar surface area (TPSA) is 81.2 Å². The molecule has 1 amide bonds. The normalized spacial score (nSPS) is 14.0. The second kappa shape index (κ2) is 7.28. The van der Waals surface area contributed by atoms with Crippen LogP contribution in [0, 0.1) is 11.7 Å². The predicted molar refractivity (Wildman–Crippen MR) is 103 cm³/mol. The van der Waals surface area contributed by atoms with E-state index < -0.39 is 6.29 Å². The molecule has 0 atom stereocenters. The number of aryl methyl sites for hydroxylation is 1. The highest BCUT2D eigenvalue weighted by Crippen LogP contribution is 2.42. The summed E-state index contributed by atoms with van der Waals surface area (Å²) < 4.78 is 37.0. The Balaban J connectivity index is 1.43. The molecule has 4 rings (SSSR count). The molecule has 150 valence electrons. The van der Waals surface area contributed by atoms with E-state index in [1.54, 1.807) is 4.57 Å². The van der Waals surface area contributed by atoms with Gasteiger partial charge in [-0.2, -0.15) is 5.10 Å². The Labute approximate surface area is 169 Å². The average molecular weight is 418 g/mol. The minimum absolute atomic E-state index is 0.0829. The van der Waals surface area contributed by atoms with Crippen LogP contribution in [-0.4, -0.2) is 27.0 Å². The van der Waals surface area contributed by atoms with Gasteiger partial charge in [-0.15, -0.1) is 8.78 Å². The molecule has 29 heavy (non-hydrogen) atoms. The van der Waals surface area contributed by atoms with Gasteiger partial charge in [-0.1, -0.05) is 29.8 Å². The van der Waals surface area contributed by atoms with Crippen molar-refractivity contribution in [1.82, 2.24) is 14.8 Å². The lowest BCUT2D eigenvalue weighted by Gasteiger charge is -2.09. The van der Waals surface area contributed by atoms with Crippen LogP contribution in [0.3, 0.4) is 0 Å². The number of rotatable bonds is 5. The summed E-state index contributed by atoms with van der Waals surface area (Å²) in [5.41, 5.74) is 2.32. The number of amides is 1. The largest absolute Gasteiger partial charge is 0.586 e. The van der Waals surface area contributed by atoms with Gasteiger partial charge in [-0.25, -0.2) is 0 Å². The third-order valence-electron chi connectivity index (χ3n) is 4.32. The van der Waals surface area contributed by atoms with Crippen molar-refractivity contribution in [1.29, 1.82) is 0 Å². The Morgan fingerprint density at radius 2 is 1.93 bits per heavy atom. The Bertz CT molecular complexity index is 1130. The van der Waals surface area contributed by atoms with E-state index in [9.17, 15) is 13.6 Å². The van der Waals surface area contributed by atoms with Crippen molar-refractivity contribution in [2.24, 2.45) is 0 Å². The number of carbonyl (C=O) groups is 1. The molecule has 0 aliphatic carbocycles. The van der Waals surface area contributed by atoms with Gasteiger partial charge in [0.2, 0.25) is 5.91 Å². The molecule has 0 unspecified atom stereocenters. The number of halogens is 2. The summed E-state index contributed by atoms with van der Waals surface area (Å²) in [6, 6.07) is 11.9. The molecule has 2 heterocycles. The number of aromatic nitrogens is 3. The summed E-state index contributed by atoms with van der Waals surface area (Å²) in [6.07, 6.45) is -3.59. The van der Waals surface area contributed by atoms with Gasteiger partial charge in [0.1, 0.15) is 0 Å². The first-order valence-corrected chi connectivity index (χ1v) is 9.13. The highest BCUT2D eigenvalue weighted by molar-refractivity contribution is 7.71. The van der Waals surface area contributed by atoms with Crippen LogP contribution in [0.2, 0.25) is 0 Å². The van der Waals surface area contributed by atoms with Gasteiger partial charge in [-0.05, 0) is 31.3 Å². The minimum Gasteiger partial charge on any atom is -0.395 e. The zero-order chi connectivity index (χ0) is 20.6. The maximum atomic E-state index is 13.1. The fourth-order valence-corrected chi connectivity index (χ4v) is 3.14. The quantitative estimate of drug-likeness (QED) is 0.605. The SMILES string of the molecule is Cc1ccc(-c2n[nH]c(=S)n2CCC(=O)Nc2ccc3c(c2)OC(F)(F)O3)cc1. The Kier molecular flexibility index (Phi) is 4.79.